The molecule has 0 saturated carbocycles. The number of aromatic nitrogens is 2. The highest BCUT2D eigenvalue weighted by Crippen LogP contribution is 2.22. The molecule has 4 rings (SSSR count). The van der Waals surface area contributed by atoms with Crippen LogP contribution in [0.3, 0.4) is 0 Å². The summed E-state index contributed by atoms with van der Waals surface area (Å²) in [5.74, 6) is 0.810. The van der Waals surface area contributed by atoms with Crippen molar-refractivity contribution in [3.8, 4) is 5.69 Å². The highest BCUT2D eigenvalue weighted by Gasteiger charge is 2.15. The van der Waals surface area contributed by atoms with E-state index >= 15 is 0 Å². The molecule has 1 aromatic heterocycles. The summed E-state index contributed by atoms with van der Waals surface area (Å²) >= 11 is 0. The lowest BCUT2D eigenvalue weighted by atomic mass is 10.2. The number of hydrogen-bond acceptors (Lipinski definition) is 4. The zero-order valence-corrected chi connectivity index (χ0v) is 16.8. The van der Waals surface area contributed by atoms with Crippen molar-refractivity contribution >= 4 is 16.9 Å². The summed E-state index contributed by atoms with van der Waals surface area (Å²) < 4.78 is 13.3. The van der Waals surface area contributed by atoms with Crippen molar-refractivity contribution < 1.29 is 14.3 Å². The van der Waals surface area contributed by atoms with Gasteiger partial charge in [0.2, 0.25) is 0 Å². The number of carbonyl (C=O) groups excluding carboxylic acids is 1. The van der Waals surface area contributed by atoms with Gasteiger partial charge in [-0.1, -0.05) is 18.2 Å². The number of nitrogens with zero attached hydrogens (tertiary/aromatic N) is 2. The zero-order valence-electron chi connectivity index (χ0n) is 16.8. The van der Waals surface area contributed by atoms with Gasteiger partial charge in [0, 0.05) is 31.0 Å². The molecule has 29 heavy (non-hydrogen) atoms. The van der Waals surface area contributed by atoms with Crippen LogP contribution in [-0.2, 0) is 9.47 Å². The van der Waals surface area contributed by atoms with Crippen molar-refractivity contribution in [2.75, 3.05) is 26.4 Å². The predicted molar refractivity (Wildman–Crippen MR) is 113 cm³/mol. The number of aryl methyl sites for hydroxylation is 1. The summed E-state index contributed by atoms with van der Waals surface area (Å²) in [4.78, 5) is 17.1. The first-order valence-electron chi connectivity index (χ1n) is 10.2. The van der Waals surface area contributed by atoms with E-state index in [2.05, 4.69) is 27.0 Å². The smallest absolute Gasteiger partial charge is 0.251 e. The second-order valence-electron chi connectivity index (χ2n) is 7.35. The van der Waals surface area contributed by atoms with Crippen LogP contribution in [0, 0.1) is 6.92 Å². The largest absolute Gasteiger partial charge is 0.379 e. The van der Waals surface area contributed by atoms with E-state index in [-0.39, 0.29) is 12.0 Å². The normalized spacial score (nSPS) is 16.4. The van der Waals surface area contributed by atoms with Crippen LogP contribution in [0.5, 0.6) is 0 Å². The summed E-state index contributed by atoms with van der Waals surface area (Å²) in [7, 11) is 0. The molecule has 1 aliphatic rings. The number of rotatable bonds is 8. The van der Waals surface area contributed by atoms with Gasteiger partial charge in [-0.2, -0.15) is 0 Å². The minimum atomic E-state index is -0.0852. The number of imidazole rings is 1. The topological polar surface area (TPSA) is 65.4 Å². The van der Waals surface area contributed by atoms with E-state index in [1.165, 1.54) is 0 Å². The molecule has 2 heterocycles. The monoisotopic (exact) mass is 393 g/mol. The predicted octanol–water partition coefficient (Wildman–Crippen LogP) is 3.65. The van der Waals surface area contributed by atoms with Gasteiger partial charge < -0.3 is 14.8 Å². The summed E-state index contributed by atoms with van der Waals surface area (Å²) in [5.41, 5.74) is 3.50. The van der Waals surface area contributed by atoms with Crippen LogP contribution in [0.15, 0.2) is 48.5 Å². The Morgan fingerprint density at radius 1 is 1.28 bits per heavy atom. The van der Waals surface area contributed by atoms with Crippen molar-refractivity contribution in [3.63, 3.8) is 0 Å². The van der Waals surface area contributed by atoms with E-state index in [0.717, 1.165) is 48.4 Å². The quantitative estimate of drug-likeness (QED) is 0.594. The molecule has 1 amide bonds. The van der Waals surface area contributed by atoms with Gasteiger partial charge in [-0.25, -0.2) is 4.98 Å². The molecule has 1 fully saturated rings. The Bertz CT molecular complexity index is 962. The van der Waals surface area contributed by atoms with Gasteiger partial charge in [0.1, 0.15) is 5.82 Å². The fourth-order valence-electron chi connectivity index (χ4n) is 3.71. The molecular weight excluding hydrogens is 366 g/mol. The molecule has 0 bridgehead atoms. The number of amides is 1. The summed E-state index contributed by atoms with van der Waals surface area (Å²) in [6.45, 7) is 4.68. The highest BCUT2D eigenvalue weighted by atomic mass is 16.5. The Labute approximate surface area is 170 Å². The van der Waals surface area contributed by atoms with Crippen molar-refractivity contribution in [3.05, 3.63) is 59.9 Å². The molecule has 6 heteroatoms. The maximum atomic E-state index is 12.5. The third-order valence-electron chi connectivity index (χ3n) is 5.18. The maximum absolute atomic E-state index is 12.5. The molecule has 3 aromatic rings. The number of nitrogens with one attached hydrogen (secondary N) is 1. The molecular formula is C23H27N3O3. The third-order valence-corrected chi connectivity index (χ3v) is 5.18. The van der Waals surface area contributed by atoms with E-state index in [4.69, 9.17) is 9.47 Å². The summed E-state index contributed by atoms with van der Waals surface area (Å²) in [6.07, 6.45) is 3.23. The van der Waals surface area contributed by atoms with E-state index in [9.17, 15) is 4.79 Å². The summed E-state index contributed by atoms with van der Waals surface area (Å²) in [6, 6.07) is 15.8. The van der Waals surface area contributed by atoms with Crippen LogP contribution < -0.4 is 5.32 Å². The van der Waals surface area contributed by atoms with Gasteiger partial charge in [-0.05, 0) is 56.5 Å². The lowest BCUT2D eigenvalue weighted by molar-refractivity contribution is 0.0166. The maximum Gasteiger partial charge on any atom is 0.251 e. The highest BCUT2D eigenvalue weighted by molar-refractivity contribution is 5.97. The number of ether oxygens (including phenoxy) is 2. The molecule has 1 atom stereocenters. The third kappa shape index (κ3) is 4.66. The van der Waals surface area contributed by atoms with Crippen molar-refractivity contribution in [1.29, 1.82) is 0 Å². The molecule has 6 nitrogen and oxygen atoms in total. The van der Waals surface area contributed by atoms with Crippen LogP contribution in [-0.4, -0.2) is 47.9 Å². The lowest BCUT2D eigenvalue weighted by Crippen LogP contribution is -2.25. The number of benzene rings is 2. The van der Waals surface area contributed by atoms with E-state index < -0.39 is 0 Å². The van der Waals surface area contributed by atoms with Gasteiger partial charge in [-0.3, -0.25) is 9.36 Å². The first kappa shape index (κ1) is 19.6. The van der Waals surface area contributed by atoms with E-state index in [0.29, 0.717) is 25.3 Å². The Hall–Kier alpha value is -2.70. The molecule has 1 aliphatic heterocycles. The second-order valence-corrected chi connectivity index (χ2v) is 7.35. The molecule has 1 saturated heterocycles. The Balaban J connectivity index is 1.32. The van der Waals surface area contributed by atoms with Crippen molar-refractivity contribution in [2.45, 2.75) is 32.3 Å². The Morgan fingerprint density at radius 2 is 2.14 bits per heavy atom. The average Bonchev–Trinajstić information content (AvgIpc) is 3.37. The van der Waals surface area contributed by atoms with Crippen LogP contribution in [0.1, 0.15) is 35.4 Å². The molecule has 0 spiro atoms. The number of carbonyl (C=O) groups is 1. The number of para-hydroxylation sites is 1. The summed E-state index contributed by atoms with van der Waals surface area (Å²) in [5, 5.41) is 2.96. The second kappa shape index (κ2) is 9.20. The van der Waals surface area contributed by atoms with Crippen LogP contribution in [0.25, 0.3) is 16.7 Å². The average molecular weight is 393 g/mol. The Morgan fingerprint density at radius 3 is 2.93 bits per heavy atom. The minimum Gasteiger partial charge on any atom is -0.379 e. The van der Waals surface area contributed by atoms with Gasteiger partial charge >= 0.3 is 0 Å². The van der Waals surface area contributed by atoms with Gasteiger partial charge in [0.15, 0.2) is 0 Å². The zero-order chi connectivity index (χ0) is 20.1. The molecule has 1 unspecified atom stereocenters. The van der Waals surface area contributed by atoms with Crippen LogP contribution in [0.2, 0.25) is 0 Å². The molecule has 1 N–H and O–H groups in total. The van der Waals surface area contributed by atoms with Gasteiger partial charge in [0.05, 0.1) is 23.7 Å². The molecule has 2 aromatic carbocycles. The first-order chi connectivity index (χ1) is 14.2. The standard InChI is InChI=1S/C23H27N3O3/c1-17-25-21-15-18(10-11-22(21)26(17)19-7-3-2-4-8-19)23(27)24-12-6-13-28-16-20-9-5-14-29-20/h2-4,7-8,10-11,15,20H,5-6,9,12-14,16H2,1H3,(H,24,27). The Kier molecular flexibility index (Phi) is 6.22. The van der Waals surface area contributed by atoms with Gasteiger partial charge in [0.25, 0.3) is 5.91 Å². The van der Waals surface area contributed by atoms with E-state index in [1.54, 1.807) is 0 Å². The first-order valence-corrected chi connectivity index (χ1v) is 10.2. The van der Waals surface area contributed by atoms with Crippen LogP contribution in [0.4, 0.5) is 0 Å². The van der Waals surface area contributed by atoms with E-state index in [1.807, 2.05) is 43.3 Å². The fourth-order valence-corrected chi connectivity index (χ4v) is 3.71. The molecule has 152 valence electrons. The minimum absolute atomic E-state index is 0.0852. The van der Waals surface area contributed by atoms with Gasteiger partial charge in [-0.15, -0.1) is 0 Å². The fraction of sp³-hybridized carbons (Fsp3) is 0.391. The SMILES string of the molecule is Cc1nc2cc(C(=O)NCCCOCC3CCCO3)ccc2n1-c1ccccc1. The number of hydrogen-bond donors (Lipinski definition) is 1. The molecule has 0 radical (unpaired) electrons. The van der Waals surface area contributed by atoms with Crippen molar-refractivity contribution in [1.82, 2.24) is 14.9 Å². The van der Waals surface area contributed by atoms with Crippen molar-refractivity contribution in [2.24, 2.45) is 0 Å². The molecule has 0 aliphatic carbocycles. The number of fused-ring (bicyclic) bond motifs is 1. The lowest BCUT2D eigenvalue weighted by Gasteiger charge is -2.10. The van der Waals surface area contributed by atoms with Crippen LogP contribution >= 0.6 is 0 Å².